The Labute approximate surface area is 140 Å². The van der Waals surface area contributed by atoms with E-state index in [-0.39, 0.29) is 0 Å². The van der Waals surface area contributed by atoms with E-state index in [4.69, 9.17) is 4.74 Å². The van der Waals surface area contributed by atoms with Crippen LogP contribution in [0.4, 0.5) is 5.95 Å². The number of ether oxygens (including phenoxy) is 1. The summed E-state index contributed by atoms with van der Waals surface area (Å²) in [5.74, 6) is 2.84. The number of anilines is 1. The molecule has 122 valence electrons. The summed E-state index contributed by atoms with van der Waals surface area (Å²) in [6, 6.07) is 5.77. The number of guanidine groups is 1. The number of nitrogens with zero attached hydrogens (tertiary/aromatic N) is 4. The molecule has 0 saturated carbocycles. The number of aromatic nitrogens is 2. The van der Waals surface area contributed by atoms with Crippen LogP contribution in [0.25, 0.3) is 10.9 Å². The van der Waals surface area contributed by atoms with Gasteiger partial charge in [-0.15, -0.1) is 0 Å². The second-order valence-electron chi connectivity index (χ2n) is 5.24. The zero-order chi connectivity index (χ0) is 16.2. The summed E-state index contributed by atoms with van der Waals surface area (Å²) in [6.45, 7) is 4.23. The van der Waals surface area contributed by atoms with Crippen molar-refractivity contribution in [1.29, 1.82) is 0 Å². The Morgan fingerprint density at radius 1 is 1.39 bits per heavy atom. The van der Waals surface area contributed by atoms with Crippen LogP contribution < -0.4 is 15.4 Å². The van der Waals surface area contributed by atoms with Crippen molar-refractivity contribution in [2.45, 2.75) is 6.92 Å². The Kier molecular flexibility index (Phi) is 4.82. The molecule has 0 aliphatic carbocycles. The zero-order valence-electron chi connectivity index (χ0n) is 13.2. The van der Waals surface area contributed by atoms with Gasteiger partial charge in [-0.2, -0.15) is 12.6 Å². The van der Waals surface area contributed by atoms with E-state index in [1.807, 2.05) is 25.1 Å². The van der Waals surface area contributed by atoms with E-state index in [1.54, 1.807) is 7.11 Å². The molecule has 0 amide bonds. The number of hydrogen-bond acceptors (Lipinski definition) is 8. The fourth-order valence-corrected chi connectivity index (χ4v) is 2.67. The number of nitrogens with one attached hydrogen (secondary N) is 2. The lowest BCUT2D eigenvalue weighted by Gasteiger charge is -2.26. The first-order valence-corrected chi connectivity index (χ1v) is 8.04. The van der Waals surface area contributed by atoms with Crippen molar-refractivity contribution in [3.05, 3.63) is 23.9 Å². The molecule has 8 heteroatoms. The Hall–Kier alpha value is -2.06. The maximum Gasteiger partial charge on any atom is 0.230 e. The van der Waals surface area contributed by atoms with Crippen molar-refractivity contribution in [3.63, 3.8) is 0 Å². The summed E-state index contributed by atoms with van der Waals surface area (Å²) in [4.78, 5) is 15.7. The zero-order valence-corrected chi connectivity index (χ0v) is 14.1. The highest BCUT2D eigenvalue weighted by molar-refractivity contribution is 7.80. The van der Waals surface area contributed by atoms with Crippen LogP contribution in [-0.2, 0) is 0 Å². The van der Waals surface area contributed by atoms with Crippen molar-refractivity contribution in [1.82, 2.24) is 20.2 Å². The van der Waals surface area contributed by atoms with Gasteiger partial charge in [-0.1, -0.05) is 0 Å². The summed E-state index contributed by atoms with van der Waals surface area (Å²) in [5, 5.41) is 7.34. The monoisotopic (exact) mass is 332 g/mol. The van der Waals surface area contributed by atoms with Crippen LogP contribution in [-0.4, -0.2) is 53.6 Å². The van der Waals surface area contributed by atoms with Gasteiger partial charge in [0.15, 0.2) is 0 Å². The normalized spacial score (nSPS) is 15.2. The van der Waals surface area contributed by atoms with Crippen molar-refractivity contribution >= 4 is 35.4 Å². The van der Waals surface area contributed by atoms with Crippen LogP contribution in [0, 0.1) is 6.92 Å². The predicted molar refractivity (Wildman–Crippen MR) is 95.3 cm³/mol. The highest BCUT2D eigenvalue weighted by atomic mass is 32.1. The first-order valence-electron chi connectivity index (χ1n) is 7.40. The molecule has 0 radical (unpaired) electrons. The van der Waals surface area contributed by atoms with Gasteiger partial charge in [0.1, 0.15) is 5.75 Å². The minimum absolute atomic E-state index is 0.536. The molecule has 1 aromatic heterocycles. The van der Waals surface area contributed by atoms with E-state index in [2.05, 4.69) is 43.1 Å². The summed E-state index contributed by atoms with van der Waals surface area (Å²) >= 11 is 4.23. The number of fused-ring (bicyclic) bond motifs is 1. The summed E-state index contributed by atoms with van der Waals surface area (Å²) in [5.41, 5.74) is 1.76. The first-order chi connectivity index (χ1) is 11.2. The minimum atomic E-state index is 0.536. The van der Waals surface area contributed by atoms with Crippen LogP contribution >= 0.6 is 12.6 Å². The molecular formula is C15H20N6OS. The molecule has 2 heterocycles. The molecule has 0 atom stereocenters. The van der Waals surface area contributed by atoms with Crippen LogP contribution in [0.3, 0.4) is 0 Å². The molecule has 0 unspecified atom stereocenters. The molecule has 1 aromatic carbocycles. The molecule has 1 aliphatic heterocycles. The maximum atomic E-state index is 5.25. The Bertz CT molecular complexity index is 735. The van der Waals surface area contributed by atoms with Crippen LogP contribution in [0.5, 0.6) is 5.75 Å². The van der Waals surface area contributed by atoms with Gasteiger partial charge in [0, 0.05) is 17.7 Å². The molecular weight excluding hydrogens is 312 g/mol. The fraction of sp³-hybridized carbons (Fsp3) is 0.400. The second kappa shape index (κ2) is 7.01. The largest absolute Gasteiger partial charge is 0.497 e. The van der Waals surface area contributed by atoms with Gasteiger partial charge in [-0.05, 0) is 25.1 Å². The van der Waals surface area contributed by atoms with Gasteiger partial charge in [-0.25, -0.2) is 15.0 Å². The van der Waals surface area contributed by atoms with E-state index in [0.29, 0.717) is 18.6 Å². The smallest absolute Gasteiger partial charge is 0.230 e. The topological polar surface area (TPSA) is 74.7 Å². The maximum absolute atomic E-state index is 5.25. The lowest BCUT2D eigenvalue weighted by Crippen LogP contribution is -2.46. The molecule has 23 heavy (non-hydrogen) atoms. The molecule has 3 rings (SSSR count). The molecule has 1 aliphatic rings. The second-order valence-corrected chi connectivity index (χ2v) is 5.69. The Morgan fingerprint density at radius 2 is 2.26 bits per heavy atom. The summed E-state index contributed by atoms with van der Waals surface area (Å²) in [6.07, 6.45) is 0. The van der Waals surface area contributed by atoms with Crippen molar-refractivity contribution in [2.75, 3.05) is 38.1 Å². The number of rotatable bonds is 4. The third-order valence-corrected chi connectivity index (χ3v) is 3.84. The van der Waals surface area contributed by atoms with E-state index >= 15 is 0 Å². The van der Waals surface area contributed by atoms with Crippen molar-refractivity contribution < 1.29 is 4.74 Å². The third-order valence-electron chi connectivity index (χ3n) is 3.64. The predicted octanol–water partition coefficient (Wildman–Crippen LogP) is 1.46. The van der Waals surface area contributed by atoms with Crippen molar-refractivity contribution in [3.8, 4) is 5.75 Å². The summed E-state index contributed by atoms with van der Waals surface area (Å²) < 4.78 is 5.25. The molecule has 0 spiro atoms. The fourth-order valence-electron chi connectivity index (χ4n) is 2.39. The number of thiol groups is 1. The minimum Gasteiger partial charge on any atom is -0.497 e. The van der Waals surface area contributed by atoms with Crippen molar-refractivity contribution in [2.24, 2.45) is 4.99 Å². The SMILES string of the molecule is COc1ccc2nc(NC3=NCN(CCS)CN3)nc(C)c2c1. The van der Waals surface area contributed by atoms with E-state index in [9.17, 15) is 0 Å². The lowest BCUT2D eigenvalue weighted by molar-refractivity contribution is 0.282. The van der Waals surface area contributed by atoms with Gasteiger partial charge in [0.2, 0.25) is 11.9 Å². The lowest BCUT2D eigenvalue weighted by atomic mass is 10.2. The molecule has 2 aromatic rings. The average Bonchev–Trinajstić information content (AvgIpc) is 2.57. The van der Waals surface area contributed by atoms with E-state index in [1.165, 1.54) is 0 Å². The molecule has 0 bridgehead atoms. The van der Waals surface area contributed by atoms with E-state index in [0.717, 1.165) is 41.3 Å². The van der Waals surface area contributed by atoms with Gasteiger partial charge in [-0.3, -0.25) is 10.2 Å². The molecule has 0 saturated heterocycles. The van der Waals surface area contributed by atoms with Gasteiger partial charge < -0.3 is 10.1 Å². The van der Waals surface area contributed by atoms with Gasteiger partial charge in [0.25, 0.3) is 0 Å². The van der Waals surface area contributed by atoms with Gasteiger partial charge in [0.05, 0.1) is 31.7 Å². The van der Waals surface area contributed by atoms with Crippen LogP contribution in [0.15, 0.2) is 23.2 Å². The molecule has 2 N–H and O–H groups in total. The summed E-state index contributed by atoms with van der Waals surface area (Å²) in [7, 11) is 1.65. The standard InChI is InChI=1S/C15H20N6OS/c1-10-12-7-11(22-2)3-4-13(12)19-15(18-10)20-14-16-8-21(5-6-23)9-17-14/h3-4,7,23H,5-6,8-9H2,1-2H3,(H2,16,17,18,19,20). The van der Waals surface area contributed by atoms with Gasteiger partial charge >= 0.3 is 0 Å². The average molecular weight is 332 g/mol. The number of benzene rings is 1. The molecule has 0 fully saturated rings. The van der Waals surface area contributed by atoms with Crippen LogP contribution in [0.2, 0.25) is 0 Å². The Balaban J connectivity index is 1.79. The highest BCUT2D eigenvalue weighted by Gasteiger charge is 2.13. The van der Waals surface area contributed by atoms with E-state index < -0.39 is 0 Å². The first kappa shape index (κ1) is 15.8. The molecule has 7 nitrogen and oxygen atoms in total. The highest BCUT2D eigenvalue weighted by Crippen LogP contribution is 2.22. The Morgan fingerprint density at radius 3 is 2.96 bits per heavy atom. The number of aliphatic imine (C=N–C) groups is 1. The quantitative estimate of drug-likeness (QED) is 0.736. The number of aryl methyl sites for hydroxylation is 1. The van der Waals surface area contributed by atoms with Crippen LogP contribution in [0.1, 0.15) is 5.69 Å². The third kappa shape index (κ3) is 3.65. The number of hydrogen-bond donors (Lipinski definition) is 3. The number of methoxy groups -OCH3 is 1.